The Labute approximate surface area is 203 Å². The van der Waals surface area contributed by atoms with Crippen molar-refractivity contribution in [2.45, 2.75) is 69.1 Å². The molecular weight excluding hydrogens is 418 g/mol. The molecule has 0 aromatic heterocycles. The van der Waals surface area contributed by atoms with Gasteiger partial charge in [0.05, 0.1) is 31.3 Å². The molecule has 3 nitrogen and oxygen atoms in total. The second-order valence-electron chi connectivity index (χ2n) is 12.2. The maximum atomic E-state index is 12.9. The van der Waals surface area contributed by atoms with Crippen molar-refractivity contribution in [3.8, 4) is 0 Å². The minimum Gasteiger partial charge on any atom is -0.633 e. The summed E-state index contributed by atoms with van der Waals surface area (Å²) in [6.45, 7) is 2.47. The Hall–Kier alpha value is -2.20. The average Bonchev–Trinajstić information content (AvgIpc) is 3.33. The molecule has 1 saturated carbocycles. The maximum absolute atomic E-state index is 12.9. The van der Waals surface area contributed by atoms with Gasteiger partial charge in [-0.3, -0.25) is 0 Å². The van der Waals surface area contributed by atoms with Crippen LogP contribution in [0.15, 0.2) is 71.8 Å². The molecule has 5 atom stereocenters. The van der Waals surface area contributed by atoms with Crippen LogP contribution in [0.4, 0.5) is 0 Å². The molecule has 2 heterocycles. The largest absolute Gasteiger partial charge is 0.633 e. The minimum absolute atomic E-state index is 0.0742. The molecule has 3 heteroatoms. The first-order valence-electron chi connectivity index (χ1n) is 13.1. The lowest BCUT2D eigenvalue weighted by Gasteiger charge is -2.55. The second-order valence-corrected chi connectivity index (χ2v) is 12.2. The van der Waals surface area contributed by atoms with Crippen LogP contribution in [-0.4, -0.2) is 36.0 Å². The lowest BCUT2D eigenvalue weighted by molar-refractivity contribution is -0.869. The van der Waals surface area contributed by atoms with Crippen LogP contribution < -0.4 is 0 Å². The van der Waals surface area contributed by atoms with E-state index in [2.05, 4.69) is 67.6 Å². The smallest absolute Gasteiger partial charge is 0.0980 e. The Kier molecular flexibility index (Phi) is 4.17. The third-order valence-corrected chi connectivity index (χ3v) is 10.2. The van der Waals surface area contributed by atoms with Gasteiger partial charge in [-0.15, -0.1) is 0 Å². The quantitative estimate of drug-likeness (QED) is 0.365. The lowest BCUT2D eigenvalue weighted by Crippen LogP contribution is -2.56. The molecule has 0 amide bonds. The van der Waals surface area contributed by atoms with Crippen LogP contribution in [0.3, 0.4) is 0 Å². The summed E-state index contributed by atoms with van der Waals surface area (Å²) in [6, 6.07) is 15.7. The first-order valence-corrected chi connectivity index (χ1v) is 13.1. The van der Waals surface area contributed by atoms with Crippen molar-refractivity contribution >= 4 is 16.3 Å². The van der Waals surface area contributed by atoms with E-state index in [-0.39, 0.29) is 27.3 Å². The molecule has 1 saturated heterocycles. The number of ether oxygens (including phenoxy) is 1. The zero-order valence-corrected chi connectivity index (χ0v) is 20.6. The van der Waals surface area contributed by atoms with Gasteiger partial charge in [-0.1, -0.05) is 61.5 Å². The molecule has 7 rings (SSSR count). The third-order valence-electron chi connectivity index (χ3n) is 10.2. The molecule has 2 aromatic rings. The molecule has 2 bridgehead atoms. The summed E-state index contributed by atoms with van der Waals surface area (Å²) in [7, 11) is 3.62. The van der Waals surface area contributed by atoms with Gasteiger partial charge in [0.1, 0.15) is 0 Å². The van der Waals surface area contributed by atoms with Gasteiger partial charge in [0.25, 0.3) is 0 Å². The zero-order chi connectivity index (χ0) is 23.3. The van der Waals surface area contributed by atoms with Gasteiger partial charge in [-0.05, 0) is 71.2 Å². The van der Waals surface area contributed by atoms with Gasteiger partial charge in [-0.2, -0.15) is 0 Å². The highest BCUT2D eigenvalue weighted by Gasteiger charge is 2.65. The molecule has 2 spiro atoms. The molecule has 176 valence electrons. The first-order chi connectivity index (χ1) is 16.2. The van der Waals surface area contributed by atoms with E-state index in [0.717, 1.165) is 44.9 Å². The summed E-state index contributed by atoms with van der Waals surface area (Å²) in [5.41, 5.74) is 5.40. The minimum atomic E-state index is -0.218. The summed E-state index contributed by atoms with van der Waals surface area (Å²) >= 11 is 0. The Morgan fingerprint density at radius 1 is 1.03 bits per heavy atom. The van der Waals surface area contributed by atoms with Crippen molar-refractivity contribution in [1.82, 2.24) is 0 Å². The predicted octanol–water partition coefficient (Wildman–Crippen LogP) is 6.93. The van der Waals surface area contributed by atoms with Crippen molar-refractivity contribution in [1.29, 1.82) is 0 Å². The number of hydroxylamine groups is 3. The first kappa shape index (κ1) is 21.1. The van der Waals surface area contributed by atoms with Crippen LogP contribution in [0.5, 0.6) is 0 Å². The van der Waals surface area contributed by atoms with E-state index < -0.39 is 0 Å². The molecule has 2 aromatic carbocycles. The van der Waals surface area contributed by atoms with Gasteiger partial charge < -0.3 is 14.6 Å². The number of hydrogen-bond acceptors (Lipinski definition) is 2. The number of hydrogen-bond donors (Lipinski definition) is 0. The van der Waals surface area contributed by atoms with E-state index in [9.17, 15) is 5.21 Å². The Morgan fingerprint density at radius 2 is 1.85 bits per heavy atom. The van der Waals surface area contributed by atoms with Crippen LogP contribution in [0.25, 0.3) is 16.3 Å². The molecular formula is C31H35NO2. The predicted molar refractivity (Wildman–Crippen MR) is 138 cm³/mol. The normalized spacial score (nSPS) is 38.5. The van der Waals surface area contributed by atoms with E-state index >= 15 is 0 Å². The summed E-state index contributed by atoms with van der Waals surface area (Å²) in [5.74, 6) is 0.453. The molecule has 3 aliphatic carbocycles. The highest BCUT2D eigenvalue weighted by molar-refractivity contribution is 5.87. The monoisotopic (exact) mass is 453 g/mol. The highest BCUT2D eigenvalue weighted by Crippen LogP contribution is 2.67. The number of allylic oxidation sites excluding steroid dienone is 3. The topological polar surface area (TPSA) is 32.3 Å². The number of fused-ring (bicyclic) bond motifs is 2. The lowest BCUT2D eigenvalue weighted by atomic mass is 9.58. The summed E-state index contributed by atoms with van der Waals surface area (Å²) in [5, 5.41) is 15.5. The maximum Gasteiger partial charge on any atom is 0.0980 e. The molecule has 34 heavy (non-hydrogen) atoms. The van der Waals surface area contributed by atoms with E-state index in [4.69, 9.17) is 4.74 Å². The Morgan fingerprint density at radius 3 is 2.68 bits per heavy atom. The van der Waals surface area contributed by atoms with Crippen LogP contribution in [0, 0.1) is 16.5 Å². The van der Waals surface area contributed by atoms with Crippen LogP contribution in [-0.2, 0) is 4.74 Å². The van der Waals surface area contributed by atoms with Gasteiger partial charge in [0, 0.05) is 24.2 Å². The second kappa shape index (κ2) is 6.72. The Balaban J connectivity index is 1.27. The molecule has 5 aliphatic rings. The van der Waals surface area contributed by atoms with Gasteiger partial charge in [0.15, 0.2) is 0 Å². The van der Waals surface area contributed by atoms with Crippen molar-refractivity contribution in [3.63, 3.8) is 0 Å². The Bertz CT molecular complexity index is 1300. The zero-order valence-electron chi connectivity index (χ0n) is 20.6. The fourth-order valence-electron chi connectivity index (χ4n) is 8.30. The number of quaternary nitrogens is 1. The molecule has 1 unspecified atom stereocenters. The number of nitrogens with zero attached hydrogens (tertiary/aromatic N) is 1. The third kappa shape index (κ3) is 2.69. The van der Waals surface area contributed by atoms with Crippen LogP contribution >= 0.6 is 0 Å². The highest BCUT2D eigenvalue weighted by atomic mass is 16.5. The van der Waals surface area contributed by atoms with Crippen molar-refractivity contribution in [3.05, 3.63) is 82.6 Å². The summed E-state index contributed by atoms with van der Waals surface area (Å²) in [6.07, 6.45) is 14.6. The van der Waals surface area contributed by atoms with Gasteiger partial charge in [-0.25, -0.2) is 0 Å². The fraction of sp³-hybridized carbons (Fsp3) is 0.484. The van der Waals surface area contributed by atoms with E-state index in [0.29, 0.717) is 5.92 Å². The number of rotatable bonds is 2. The molecule has 0 N–H and O–H groups in total. The van der Waals surface area contributed by atoms with Gasteiger partial charge in [0.2, 0.25) is 0 Å². The molecule has 0 radical (unpaired) electrons. The van der Waals surface area contributed by atoms with Crippen molar-refractivity contribution in [2.24, 2.45) is 11.3 Å². The molecule has 2 aliphatic heterocycles. The van der Waals surface area contributed by atoms with E-state index in [1.54, 1.807) is 0 Å². The van der Waals surface area contributed by atoms with Crippen molar-refractivity contribution in [2.75, 3.05) is 14.1 Å². The number of benzene rings is 2. The summed E-state index contributed by atoms with van der Waals surface area (Å²) < 4.78 is 7.12. The summed E-state index contributed by atoms with van der Waals surface area (Å²) in [4.78, 5) is 0. The standard InChI is InChI=1S/C31H35NO2/c1-29-15-14-25-19-24-10-11-26(32(2,3)33)20-30(24)16-17-31(25,34-30)28(29)13-12-27(29)23-9-8-21-6-4-5-7-22(21)18-23/h4-9,12,14,18-19,26,28H,10-11,13,15-17,20H2,1-3H3/t26-,28+,29+,30+,31?/m0/s1. The van der Waals surface area contributed by atoms with E-state index in [1.165, 1.54) is 33.1 Å². The molecule has 2 fully saturated rings. The van der Waals surface area contributed by atoms with Crippen LogP contribution in [0.2, 0.25) is 0 Å². The van der Waals surface area contributed by atoms with E-state index in [1.807, 2.05) is 14.1 Å². The van der Waals surface area contributed by atoms with Crippen molar-refractivity contribution < 1.29 is 9.38 Å². The fourth-order valence-corrected chi connectivity index (χ4v) is 8.30. The van der Waals surface area contributed by atoms with Gasteiger partial charge >= 0.3 is 0 Å². The average molecular weight is 454 g/mol. The SMILES string of the molecule is C[C@]12CC=C3C=C4CC[C@H]([N+](C)(C)[O-])C[C@]45CCC3(O5)[C@@H]1CC=C2c1ccc2ccccc2c1. The van der Waals surface area contributed by atoms with Crippen LogP contribution in [0.1, 0.15) is 57.4 Å².